The number of hydrogen-bond acceptors (Lipinski definition) is 6. The summed E-state index contributed by atoms with van der Waals surface area (Å²) in [6.07, 6.45) is 0. The maximum absolute atomic E-state index is 12.8. The second-order valence-electron chi connectivity index (χ2n) is 8.12. The lowest BCUT2D eigenvalue weighted by atomic mass is 10.0. The number of carbonyl (C=O) groups excluding carboxylic acids is 2. The number of esters is 1. The summed E-state index contributed by atoms with van der Waals surface area (Å²) >= 11 is 13.5. The predicted molar refractivity (Wildman–Crippen MR) is 140 cm³/mol. The van der Waals surface area contributed by atoms with Gasteiger partial charge >= 0.3 is 5.97 Å². The van der Waals surface area contributed by atoms with E-state index in [4.69, 9.17) is 27.9 Å². The Kier molecular flexibility index (Phi) is 7.78. The first-order chi connectivity index (χ1) is 16.4. The van der Waals surface area contributed by atoms with E-state index in [2.05, 4.69) is 15.1 Å². The van der Waals surface area contributed by atoms with Gasteiger partial charge in [-0.3, -0.25) is 9.69 Å². The van der Waals surface area contributed by atoms with Crippen LogP contribution in [0.15, 0.2) is 47.8 Å². The van der Waals surface area contributed by atoms with Crippen molar-refractivity contribution < 1.29 is 14.3 Å². The summed E-state index contributed by atoms with van der Waals surface area (Å²) in [7, 11) is 1.35. The van der Waals surface area contributed by atoms with E-state index in [-0.39, 0.29) is 12.5 Å². The maximum Gasteiger partial charge on any atom is 0.341 e. The molecule has 1 fully saturated rings. The van der Waals surface area contributed by atoms with E-state index in [0.29, 0.717) is 20.6 Å². The lowest BCUT2D eigenvalue weighted by Gasteiger charge is -2.35. The highest BCUT2D eigenvalue weighted by molar-refractivity contribution is 7.15. The Hall–Kier alpha value is -2.58. The topological polar surface area (TPSA) is 61.9 Å². The van der Waals surface area contributed by atoms with E-state index >= 15 is 0 Å². The van der Waals surface area contributed by atoms with Crippen molar-refractivity contribution in [3.05, 3.63) is 69.0 Å². The smallest absolute Gasteiger partial charge is 0.341 e. The molecular weight excluding hydrogens is 493 g/mol. The molecule has 2 heterocycles. The van der Waals surface area contributed by atoms with Gasteiger partial charge in [0.05, 0.1) is 23.7 Å². The molecule has 0 saturated carbocycles. The van der Waals surface area contributed by atoms with Crippen molar-refractivity contribution >= 4 is 57.1 Å². The van der Waals surface area contributed by atoms with Crippen LogP contribution in [0.5, 0.6) is 0 Å². The molecule has 0 spiro atoms. The summed E-state index contributed by atoms with van der Waals surface area (Å²) in [4.78, 5) is 29.7. The summed E-state index contributed by atoms with van der Waals surface area (Å²) < 4.78 is 5.01. The molecule has 6 nitrogen and oxygen atoms in total. The number of amides is 1. The normalized spacial score (nSPS) is 14.2. The molecule has 1 aliphatic rings. The number of thiophene rings is 1. The van der Waals surface area contributed by atoms with Gasteiger partial charge in [0.2, 0.25) is 5.91 Å². The molecule has 0 bridgehead atoms. The molecule has 9 heteroatoms. The zero-order valence-electron chi connectivity index (χ0n) is 18.9. The number of methoxy groups -OCH3 is 1. The van der Waals surface area contributed by atoms with Crippen molar-refractivity contribution in [2.24, 2.45) is 0 Å². The SMILES string of the molecule is COC(=O)c1c(-c2ccc(C)cc2)csc1NC(=O)CN1CCN(c2ccc(Cl)c(Cl)c2)CC1. The van der Waals surface area contributed by atoms with Crippen molar-refractivity contribution in [2.45, 2.75) is 6.92 Å². The second kappa shape index (κ2) is 10.8. The highest BCUT2D eigenvalue weighted by atomic mass is 35.5. The number of anilines is 2. The minimum Gasteiger partial charge on any atom is -0.465 e. The lowest BCUT2D eigenvalue weighted by molar-refractivity contribution is -0.117. The number of aryl methyl sites for hydroxylation is 1. The molecule has 178 valence electrons. The van der Waals surface area contributed by atoms with Gasteiger partial charge in [-0.1, -0.05) is 53.0 Å². The van der Waals surface area contributed by atoms with E-state index < -0.39 is 5.97 Å². The monoisotopic (exact) mass is 517 g/mol. The Bertz CT molecular complexity index is 1190. The maximum atomic E-state index is 12.8. The summed E-state index contributed by atoms with van der Waals surface area (Å²) in [5.74, 6) is -0.632. The summed E-state index contributed by atoms with van der Waals surface area (Å²) in [6, 6.07) is 13.5. The number of ether oxygens (including phenoxy) is 1. The van der Waals surface area contributed by atoms with Crippen LogP contribution in [-0.2, 0) is 9.53 Å². The molecule has 2 aromatic carbocycles. The highest BCUT2D eigenvalue weighted by Gasteiger charge is 2.24. The molecule has 0 aliphatic carbocycles. The first-order valence-electron chi connectivity index (χ1n) is 10.8. The van der Waals surface area contributed by atoms with Crippen LogP contribution in [0.2, 0.25) is 10.0 Å². The third kappa shape index (κ3) is 5.55. The zero-order chi connectivity index (χ0) is 24.2. The molecule has 0 atom stereocenters. The molecule has 1 N–H and O–H groups in total. The molecule has 4 rings (SSSR count). The molecular formula is C25H25Cl2N3O3S. The van der Waals surface area contributed by atoms with Gasteiger partial charge in [-0.05, 0) is 30.7 Å². The average molecular weight is 518 g/mol. The Morgan fingerprint density at radius 1 is 1.03 bits per heavy atom. The van der Waals surface area contributed by atoms with Gasteiger partial charge in [0.15, 0.2) is 0 Å². The van der Waals surface area contributed by atoms with Crippen LogP contribution in [-0.4, -0.2) is 56.6 Å². The summed E-state index contributed by atoms with van der Waals surface area (Å²) in [5, 5.41) is 6.37. The number of hydrogen-bond donors (Lipinski definition) is 1. The van der Waals surface area contributed by atoms with Gasteiger partial charge in [0.25, 0.3) is 0 Å². The van der Waals surface area contributed by atoms with Crippen LogP contribution in [0, 0.1) is 6.92 Å². The van der Waals surface area contributed by atoms with Gasteiger partial charge in [0.1, 0.15) is 10.6 Å². The molecule has 3 aromatic rings. The average Bonchev–Trinajstić information content (AvgIpc) is 3.24. The summed E-state index contributed by atoms with van der Waals surface area (Å²) in [5.41, 5.74) is 4.19. The first-order valence-corrected chi connectivity index (χ1v) is 12.5. The largest absolute Gasteiger partial charge is 0.465 e. The second-order valence-corrected chi connectivity index (χ2v) is 9.81. The van der Waals surface area contributed by atoms with Crippen molar-refractivity contribution in [2.75, 3.05) is 50.1 Å². The van der Waals surface area contributed by atoms with Gasteiger partial charge < -0.3 is 15.0 Å². The van der Waals surface area contributed by atoms with Crippen molar-refractivity contribution in [3.8, 4) is 11.1 Å². The van der Waals surface area contributed by atoms with E-state index in [0.717, 1.165) is 48.6 Å². The Labute approximate surface area is 213 Å². The molecule has 0 unspecified atom stereocenters. The third-order valence-electron chi connectivity index (χ3n) is 5.80. The number of halogens is 2. The quantitative estimate of drug-likeness (QED) is 0.432. The fourth-order valence-corrected chi connectivity index (χ4v) is 5.18. The molecule has 1 saturated heterocycles. The van der Waals surface area contributed by atoms with Gasteiger partial charge in [-0.2, -0.15) is 0 Å². The zero-order valence-corrected chi connectivity index (χ0v) is 21.3. The van der Waals surface area contributed by atoms with Gasteiger partial charge in [-0.15, -0.1) is 11.3 Å². The van der Waals surface area contributed by atoms with E-state index in [1.54, 1.807) is 6.07 Å². The third-order valence-corrected chi connectivity index (χ3v) is 7.44. The number of rotatable bonds is 6. The Morgan fingerprint density at radius 3 is 2.38 bits per heavy atom. The van der Waals surface area contributed by atoms with Gasteiger partial charge in [-0.25, -0.2) is 4.79 Å². The van der Waals surface area contributed by atoms with Crippen molar-refractivity contribution in [3.63, 3.8) is 0 Å². The number of nitrogens with zero attached hydrogens (tertiary/aromatic N) is 2. The van der Waals surface area contributed by atoms with Crippen LogP contribution < -0.4 is 10.2 Å². The molecule has 1 aliphatic heterocycles. The first kappa shape index (κ1) is 24.5. The number of benzene rings is 2. The number of piperazine rings is 1. The number of carbonyl (C=O) groups is 2. The fraction of sp³-hybridized carbons (Fsp3) is 0.280. The fourth-order valence-electron chi connectivity index (χ4n) is 3.92. The van der Waals surface area contributed by atoms with E-state index in [1.807, 2.05) is 48.7 Å². The Balaban J connectivity index is 1.40. The predicted octanol–water partition coefficient (Wildman–Crippen LogP) is 5.58. The number of nitrogens with one attached hydrogen (secondary N) is 1. The van der Waals surface area contributed by atoms with Crippen LogP contribution in [0.3, 0.4) is 0 Å². The van der Waals surface area contributed by atoms with Crippen LogP contribution in [0.25, 0.3) is 11.1 Å². The van der Waals surface area contributed by atoms with Crippen molar-refractivity contribution in [1.29, 1.82) is 0 Å². The standard InChI is InChI=1S/C25H25Cl2N3O3S/c1-16-3-5-17(6-4-16)19-15-34-24(23(19)25(32)33-2)28-22(31)14-29-9-11-30(12-10-29)18-7-8-20(26)21(27)13-18/h3-8,13,15H,9-12,14H2,1-2H3,(H,28,31). The molecule has 1 amide bonds. The minimum absolute atomic E-state index is 0.162. The van der Waals surface area contributed by atoms with Crippen molar-refractivity contribution in [1.82, 2.24) is 4.90 Å². The van der Waals surface area contributed by atoms with Crippen LogP contribution in [0.1, 0.15) is 15.9 Å². The molecule has 34 heavy (non-hydrogen) atoms. The minimum atomic E-state index is -0.470. The van der Waals surface area contributed by atoms with E-state index in [1.165, 1.54) is 18.4 Å². The summed E-state index contributed by atoms with van der Waals surface area (Å²) in [6.45, 7) is 5.26. The van der Waals surface area contributed by atoms with Crippen LogP contribution in [0.4, 0.5) is 10.7 Å². The van der Waals surface area contributed by atoms with Gasteiger partial charge in [0, 0.05) is 42.8 Å². The lowest BCUT2D eigenvalue weighted by Crippen LogP contribution is -2.48. The van der Waals surface area contributed by atoms with Crippen LogP contribution >= 0.6 is 34.5 Å². The van der Waals surface area contributed by atoms with E-state index in [9.17, 15) is 9.59 Å². The molecule has 1 aromatic heterocycles. The highest BCUT2D eigenvalue weighted by Crippen LogP contribution is 2.36. The Morgan fingerprint density at radius 2 is 1.74 bits per heavy atom. The molecule has 0 radical (unpaired) electrons.